The fourth-order valence-corrected chi connectivity index (χ4v) is 4.01. The maximum atomic E-state index is 12.4. The number of hydroxylamine groups is 2. The number of quaternary nitrogens is 1. The molecule has 5 unspecified atom stereocenters. The molecule has 3 rings (SSSR count). The van der Waals surface area contributed by atoms with Crippen molar-refractivity contribution < 1.29 is 14.7 Å². The van der Waals surface area contributed by atoms with Crippen molar-refractivity contribution >= 4 is 11.6 Å². The van der Waals surface area contributed by atoms with Crippen molar-refractivity contribution in [3.8, 4) is 0 Å². The Morgan fingerprint density at radius 3 is 2.06 bits per heavy atom. The standard InChI is InChI=1S/C13H19NO3/c15-12-8-3-1-2-4-9(8)13(16)11-7-14(17)6-5-10(11)12/h8-11,14H,1-7H2. The quantitative estimate of drug-likeness (QED) is 0.601. The van der Waals surface area contributed by atoms with Gasteiger partial charge in [-0.1, -0.05) is 12.8 Å². The highest BCUT2D eigenvalue weighted by atomic mass is 16.5. The first-order valence-electron chi connectivity index (χ1n) is 6.77. The van der Waals surface area contributed by atoms with Gasteiger partial charge in [0.25, 0.3) is 0 Å². The number of fused-ring (bicyclic) bond motifs is 2. The highest BCUT2D eigenvalue weighted by Gasteiger charge is 2.51. The molecule has 0 radical (unpaired) electrons. The second kappa shape index (κ2) is 4.18. The highest BCUT2D eigenvalue weighted by Crippen LogP contribution is 2.42. The fraction of sp³-hybridized carbons (Fsp3) is 0.846. The summed E-state index contributed by atoms with van der Waals surface area (Å²) in [7, 11) is 0. The first-order valence-corrected chi connectivity index (χ1v) is 6.77. The monoisotopic (exact) mass is 237 g/mol. The van der Waals surface area contributed by atoms with Crippen molar-refractivity contribution in [3.63, 3.8) is 0 Å². The maximum Gasteiger partial charge on any atom is 0.146 e. The third kappa shape index (κ3) is 1.74. The van der Waals surface area contributed by atoms with E-state index in [0.29, 0.717) is 25.3 Å². The summed E-state index contributed by atoms with van der Waals surface area (Å²) in [5.74, 6) is 0.0795. The van der Waals surface area contributed by atoms with Gasteiger partial charge in [-0.25, -0.2) is 0 Å². The molecule has 1 heterocycles. The summed E-state index contributed by atoms with van der Waals surface area (Å²) < 4.78 is 0. The molecule has 0 amide bonds. The molecule has 0 spiro atoms. The Bertz CT molecular complexity index is 355. The number of rotatable bonds is 0. The van der Waals surface area contributed by atoms with Crippen LogP contribution in [0.4, 0.5) is 0 Å². The van der Waals surface area contributed by atoms with Gasteiger partial charge >= 0.3 is 0 Å². The van der Waals surface area contributed by atoms with Crippen molar-refractivity contribution in [1.29, 1.82) is 0 Å². The Hall–Kier alpha value is -0.740. The van der Waals surface area contributed by atoms with Gasteiger partial charge in [0.15, 0.2) is 0 Å². The largest absolute Gasteiger partial charge is 0.634 e. The minimum atomic E-state index is -0.261. The number of carbonyl (C=O) groups excluding carboxylic acids is 2. The molecule has 0 aromatic heterocycles. The van der Waals surface area contributed by atoms with Crippen LogP contribution in [-0.2, 0) is 9.59 Å². The molecule has 3 aliphatic rings. The molecular weight excluding hydrogens is 218 g/mol. The van der Waals surface area contributed by atoms with Crippen LogP contribution in [0.15, 0.2) is 0 Å². The first-order chi connectivity index (χ1) is 8.18. The van der Waals surface area contributed by atoms with E-state index in [0.717, 1.165) is 25.7 Å². The third-order valence-corrected chi connectivity index (χ3v) is 4.90. The zero-order chi connectivity index (χ0) is 12.0. The van der Waals surface area contributed by atoms with Gasteiger partial charge in [0, 0.05) is 24.2 Å². The zero-order valence-electron chi connectivity index (χ0n) is 9.98. The average molecular weight is 237 g/mol. The van der Waals surface area contributed by atoms with E-state index >= 15 is 0 Å². The van der Waals surface area contributed by atoms with Gasteiger partial charge in [0.1, 0.15) is 11.6 Å². The Balaban J connectivity index is 1.88. The van der Waals surface area contributed by atoms with Crippen LogP contribution in [0, 0.1) is 28.9 Å². The number of piperidine rings is 1. The molecule has 1 saturated heterocycles. The number of hydrogen-bond acceptors (Lipinski definition) is 3. The second-order valence-electron chi connectivity index (χ2n) is 5.80. The number of nitrogens with one attached hydrogen (secondary N) is 1. The Kier molecular flexibility index (Phi) is 2.79. The van der Waals surface area contributed by atoms with E-state index in [4.69, 9.17) is 0 Å². The van der Waals surface area contributed by atoms with Crippen LogP contribution in [0.5, 0.6) is 0 Å². The molecule has 1 aliphatic heterocycles. The third-order valence-electron chi connectivity index (χ3n) is 4.90. The van der Waals surface area contributed by atoms with E-state index in [9.17, 15) is 14.8 Å². The van der Waals surface area contributed by atoms with Gasteiger partial charge < -0.3 is 10.3 Å². The van der Waals surface area contributed by atoms with Gasteiger partial charge in [-0.05, 0) is 12.8 Å². The highest BCUT2D eigenvalue weighted by molar-refractivity contribution is 5.99. The Labute approximate surface area is 101 Å². The van der Waals surface area contributed by atoms with Crippen molar-refractivity contribution in [2.75, 3.05) is 13.1 Å². The predicted molar refractivity (Wildman–Crippen MR) is 61.1 cm³/mol. The van der Waals surface area contributed by atoms with Crippen molar-refractivity contribution in [2.45, 2.75) is 32.1 Å². The van der Waals surface area contributed by atoms with Crippen molar-refractivity contribution in [3.05, 3.63) is 5.21 Å². The van der Waals surface area contributed by atoms with Crippen LogP contribution in [0.2, 0.25) is 0 Å². The van der Waals surface area contributed by atoms with Crippen molar-refractivity contribution in [1.82, 2.24) is 0 Å². The lowest BCUT2D eigenvalue weighted by Gasteiger charge is -2.45. The van der Waals surface area contributed by atoms with E-state index in [2.05, 4.69) is 0 Å². The van der Waals surface area contributed by atoms with E-state index in [1.54, 1.807) is 0 Å². The van der Waals surface area contributed by atoms with Crippen LogP contribution in [0.25, 0.3) is 0 Å². The fourth-order valence-electron chi connectivity index (χ4n) is 4.01. The number of Topliss-reactive ketones (excluding diaryl/α,β-unsaturated/α-hetero) is 2. The molecule has 0 aromatic carbocycles. The summed E-state index contributed by atoms with van der Waals surface area (Å²) >= 11 is 0. The summed E-state index contributed by atoms with van der Waals surface area (Å²) in [4.78, 5) is 24.8. The van der Waals surface area contributed by atoms with Gasteiger partial charge in [0.2, 0.25) is 0 Å². The SMILES string of the molecule is O=C1C2CCCCC2C(=O)C2C[NH+]([O-])CCC12. The molecule has 4 nitrogen and oxygen atoms in total. The number of ketones is 2. The first kappa shape index (κ1) is 11.4. The molecule has 5 atom stereocenters. The predicted octanol–water partition coefficient (Wildman–Crippen LogP) is -0.0366. The van der Waals surface area contributed by atoms with Crippen LogP contribution in [0.1, 0.15) is 32.1 Å². The molecule has 4 heteroatoms. The van der Waals surface area contributed by atoms with E-state index in [1.165, 1.54) is 0 Å². The second-order valence-corrected chi connectivity index (χ2v) is 5.80. The molecule has 0 bridgehead atoms. The van der Waals surface area contributed by atoms with Gasteiger partial charge in [0.05, 0.1) is 19.0 Å². The smallest absolute Gasteiger partial charge is 0.146 e. The minimum Gasteiger partial charge on any atom is -0.634 e. The lowest BCUT2D eigenvalue weighted by atomic mass is 9.60. The zero-order valence-corrected chi connectivity index (χ0v) is 9.98. The normalized spacial score (nSPS) is 46.3. The van der Waals surface area contributed by atoms with Gasteiger partial charge in [-0.3, -0.25) is 9.59 Å². The summed E-state index contributed by atoms with van der Waals surface area (Å²) in [6, 6.07) is 0. The van der Waals surface area contributed by atoms with Crippen LogP contribution in [-0.4, -0.2) is 24.7 Å². The topological polar surface area (TPSA) is 61.6 Å². The molecule has 94 valence electrons. The molecule has 3 fully saturated rings. The van der Waals surface area contributed by atoms with Crippen molar-refractivity contribution in [2.24, 2.45) is 23.7 Å². The minimum absolute atomic E-state index is 0.00861. The number of carbonyl (C=O) groups is 2. The maximum absolute atomic E-state index is 12.4. The van der Waals surface area contributed by atoms with Gasteiger partial charge in [-0.2, -0.15) is 0 Å². The van der Waals surface area contributed by atoms with Crippen LogP contribution < -0.4 is 5.06 Å². The summed E-state index contributed by atoms with van der Waals surface area (Å²) in [5.41, 5.74) is 0. The van der Waals surface area contributed by atoms with E-state index < -0.39 is 0 Å². The molecule has 0 aromatic rings. The lowest BCUT2D eigenvalue weighted by Crippen LogP contribution is -3.09. The van der Waals surface area contributed by atoms with Gasteiger partial charge in [-0.15, -0.1) is 0 Å². The van der Waals surface area contributed by atoms with Crippen LogP contribution >= 0.6 is 0 Å². The van der Waals surface area contributed by atoms with E-state index in [-0.39, 0.29) is 34.5 Å². The molecule has 2 saturated carbocycles. The summed E-state index contributed by atoms with van der Waals surface area (Å²) in [6.45, 7) is 0.829. The Morgan fingerprint density at radius 1 is 0.882 bits per heavy atom. The molecule has 1 N–H and O–H groups in total. The Morgan fingerprint density at radius 2 is 1.41 bits per heavy atom. The molecule has 17 heavy (non-hydrogen) atoms. The molecular formula is C13H19NO3. The summed E-state index contributed by atoms with van der Waals surface area (Å²) in [6.07, 6.45) is 4.53. The average Bonchev–Trinajstić information content (AvgIpc) is 2.36. The van der Waals surface area contributed by atoms with E-state index in [1.807, 2.05) is 0 Å². The van der Waals surface area contributed by atoms with Crippen LogP contribution in [0.3, 0.4) is 0 Å². The molecule has 2 aliphatic carbocycles. The lowest BCUT2D eigenvalue weighted by molar-refractivity contribution is -0.857. The number of hydrogen-bond donors (Lipinski definition) is 1. The summed E-state index contributed by atoms with van der Waals surface area (Å²) in [5, 5.41) is 11.6.